The van der Waals surface area contributed by atoms with Crippen molar-refractivity contribution < 1.29 is 19.1 Å². The molecule has 1 aromatic heterocycles. The van der Waals surface area contributed by atoms with Crippen molar-refractivity contribution in [3.8, 4) is 0 Å². The Bertz CT molecular complexity index is 886. The average Bonchev–Trinajstić information content (AvgIpc) is 3.30. The van der Waals surface area contributed by atoms with Crippen LogP contribution in [-0.4, -0.2) is 30.4 Å². The monoisotopic (exact) mass is 414 g/mol. The van der Waals surface area contributed by atoms with Gasteiger partial charge in [-0.25, -0.2) is 4.79 Å². The highest BCUT2D eigenvalue weighted by Gasteiger charge is 2.28. The summed E-state index contributed by atoms with van der Waals surface area (Å²) >= 11 is 1.13. The van der Waals surface area contributed by atoms with Crippen LogP contribution in [0.2, 0.25) is 0 Å². The molecule has 2 amide bonds. The van der Waals surface area contributed by atoms with Crippen LogP contribution >= 0.6 is 11.3 Å². The predicted octanol–water partition coefficient (Wildman–Crippen LogP) is 4.09. The summed E-state index contributed by atoms with van der Waals surface area (Å²) in [7, 11) is 0. The summed E-state index contributed by atoms with van der Waals surface area (Å²) in [5.41, 5.74) is 1.67. The molecule has 0 spiro atoms. The third-order valence-corrected chi connectivity index (χ3v) is 6.19. The number of ether oxygens (including phenoxy) is 1. The van der Waals surface area contributed by atoms with Crippen molar-refractivity contribution in [3.63, 3.8) is 0 Å². The standard InChI is InChI=1S/C22H26N2O4S/c1-3-28-22(27)18-14(2)19(20(26)23-16-11-7-8-12-16)29-21(18)24-17(25)13-15-9-5-4-6-10-15/h4-6,9-10,16H,3,7-8,11-13H2,1-2H3,(H,23,26)(H,24,25). The molecular formula is C22H26N2O4S. The van der Waals surface area contributed by atoms with Crippen molar-refractivity contribution >= 4 is 34.1 Å². The summed E-state index contributed by atoms with van der Waals surface area (Å²) in [5.74, 6) is -0.976. The molecule has 7 heteroatoms. The first kappa shape index (κ1) is 21.0. The Labute approximate surface area is 174 Å². The van der Waals surface area contributed by atoms with Crippen molar-refractivity contribution in [3.05, 3.63) is 51.9 Å². The van der Waals surface area contributed by atoms with E-state index in [2.05, 4.69) is 10.6 Å². The van der Waals surface area contributed by atoms with E-state index in [0.29, 0.717) is 15.4 Å². The van der Waals surface area contributed by atoms with Gasteiger partial charge in [-0.3, -0.25) is 9.59 Å². The lowest BCUT2D eigenvalue weighted by molar-refractivity contribution is -0.115. The van der Waals surface area contributed by atoms with Crippen LogP contribution in [0.3, 0.4) is 0 Å². The third kappa shape index (κ3) is 5.23. The van der Waals surface area contributed by atoms with E-state index < -0.39 is 5.97 Å². The molecule has 0 aliphatic heterocycles. The lowest BCUT2D eigenvalue weighted by Gasteiger charge is -2.11. The number of nitrogens with one attached hydrogen (secondary N) is 2. The van der Waals surface area contributed by atoms with Crippen LogP contribution in [0.15, 0.2) is 30.3 Å². The van der Waals surface area contributed by atoms with Crippen LogP contribution in [0.1, 0.15) is 63.8 Å². The molecule has 1 saturated carbocycles. The zero-order chi connectivity index (χ0) is 20.8. The summed E-state index contributed by atoms with van der Waals surface area (Å²) in [4.78, 5) is 38.3. The summed E-state index contributed by atoms with van der Waals surface area (Å²) < 4.78 is 5.16. The van der Waals surface area contributed by atoms with Crippen LogP contribution in [0.25, 0.3) is 0 Å². The normalized spacial score (nSPS) is 13.9. The molecule has 0 radical (unpaired) electrons. The summed E-state index contributed by atoms with van der Waals surface area (Å²) in [6.07, 6.45) is 4.36. The molecule has 1 aliphatic rings. The third-order valence-electron chi connectivity index (χ3n) is 4.98. The highest BCUT2D eigenvalue weighted by Crippen LogP contribution is 2.34. The highest BCUT2D eigenvalue weighted by atomic mass is 32.1. The largest absolute Gasteiger partial charge is 0.462 e. The van der Waals surface area contributed by atoms with Gasteiger partial charge in [0.1, 0.15) is 5.00 Å². The number of thiophene rings is 1. The summed E-state index contributed by atoms with van der Waals surface area (Å²) in [6.45, 7) is 3.66. The fraction of sp³-hybridized carbons (Fsp3) is 0.409. The smallest absolute Gasteiger partial charge is 0.341 e. The molecule has 0 saturated heterocycles. The minimum atomic E-state index is -0.531. The van der Waals surface area contributed by atoms with E-state index in [1.807, 2.05) is 30.3 Å². The van der Waals surface area contributed by atoms with Crippen LogP contribution in [0.4, 0.5) is 5.00 Å². The van der Waals surface area contributed by atoms with Crippen molar-refractivity contribution in [1.29, 1.82) is 0 Å². The fourth-order valence-electron chi connectivity index (χ4n) is 3.54. The maximum atomic E-state index is 12.8. The molecule has 0 bridgehead atoms. The second-order valence-corrected chi connectivity index (χ2v) is 8.17. The number of hydrogen-bond donors (Lipinski definition) is 2. The van der Waals surface area contributed by atoms with Crippen molar-refractivity contribution in [2.75, 3.05) is 11.9 Å². The Morgan fingerprint density at radius 2 is 1.83 bits per heavy atom. The van der Waals surface area contributed by atoms with Gasteiger partial charge >= 0.3 is 5.97 Å². The first-order valence-electron chi connectivity index (χ1n) is 9.94. The Balaban J connectivity index is 1.82. The lowest BCUT2D eigenvalue weighted by atomic mass is 10.1. The number of carbonyl (C=O) groups is 3. The molecule has 2 N–H and O–H groups in total. The molecule has 0 unspecified atom stereocenters. The zero-order valence-electron chi connectivity index (χ0n) is 16.7. The van der Waals surface area contributed by atoms with Crippen LogP contribution in [-0.2, 0) is 16.0 Å². The van der Waals surface area contributed by atoms with E-state index >= 15 is 0 Å². The molecule has 1 aromatic carbocycles. The molecule has 3 rings (SSSR count). The maximum absolute atomic E-state index is 12.8. The molecule has 154 valence electrons. The van der Waals surface area contributed by atoms with Gasteiger partial charge in [-0.05, 0) is 37.8 Å². The molecule has 6 nitrogen and oxygen atoms in total. The SMILES string of the molecule is CCOC(=O)c1c(NC(=O)Cc2ccccc2)sc(C(=O)NC2CCCC2)c1C. The van der Waals surface area contributed by atoms with Crippen molar-refractivity contribution in [1.82, 2.24) is 5.32 Å². The van der Waals surface area contributed by atoms with Gasteiger partial charge in [0.2, 0.25) is 5.91 Å². The van der Waals surface area contributed by atoms with E-state index in [4.69, 9.17) is 4.74 Å². The number of esters is 1. The number of benzene rings is 1. The Kier molecular flexibility index (Phi) is 7.04. The molecule has 1 heterocycles. The van der Waals surface area contributed by atoms with Crippen LogP contribution in [0.5, 0.6) is 0 Å². The number of amides is 2. The minimum absolute atomic E-state index is 0.172. The van der Waals surface area contributed by atoms with Gasteiger partial charge in [-0.2, -0.15) is 0 Å². The highest BCUT2D eigenvalue weighted by molar-refractivity contribution is 7.18. The second-order valence-electron chi connectivity index (χ2n) is 7.15. The Morgan fingerprint density at radius 1 is 1.14 bits per heavy atom. The van der Waals surface area contributed by atoms with E-state index in [1.54, 1.807) is 13.8 Å². The lowest BCUT2D eigenvalue weighted by Crippen LogP contribution is -2.32. The second kappa shape index (κ2) is 9.69. The van der Waals surface area contributed by atoms with Gasteiger partial charge in [-0.15, -0.1) is 11.3 Å². The molecule has 1 aliphatic carbocycles. The van der Waals surface area contributed by atoms with Gasteiger partial charge in [0.25, 0.3) is 5.91 Å². The molecule has 2 aromatic rings. The fourth-order valence-corrected chi connectivity index (χ4v) is 4.65. The van der Waals surface area contributed by atoms with E-state index in [9.17, 15) is 14.4 Å². The number of carbonyl (C=O) groups excluding carboxylic acids is 3. The van der Waals surface area contributed by atoms with Crippen LogP contribution < -0.4 is 10.6 Å². The number of anilines is 1. The Hall–Kier alpha value is -2.67. The molecular weight excluding hydrogens is 388 g/mol. The van der Waals surface area contributed by atoms with Crippen LogP contribution in [0, 0.1) is 6.92 Å². The van der Waals surface area contributed by atoms with Gasteiger partial charge < -0.3 is 15.4 Å². The average molecular weight is 415 g/mol. The number of rotatable bonds is 7. The van der Waals surface area contributed by atoms with Crippen molar-refractivity contribution in [2.45, 2.75) is 52.0 Å². The number of hydrogen-bond acceptors (Lipinski definition) is 5. The topological polar surface area (TPSA) is 84.5 Å². The molecule has 1 fully saturated rings. The quantitative estimate of drug-likeness (QED) is 0.669. The predicted molar refractivity (Wildman–Crippen MR) is 114 cm³/mol. The van der Waals surface area contributed by atoms with Crippen molar-refractivity contribution in [2.24, 2.45) is 0 Å². The Morgan fingerprint density at radius 3 is 2.48 bits per heavy atom. The molecule has 0 atom stereocenters. The van der Waals surface area contributed by atoms with E-state index in [1.165, 1.54) is 0 Å². The van der Waals surface area contributed by atoms with Gasteiger partial charge in [0.15, 0.2) is 0 Å². The molecule has 29 heavy (non-hydrogen) atoms. The maximum Gasteiger partial charge on any atom is 0.341 e. The van der Waals surface area contributed by atoms with E-state index in [0.717, 1.165) is 42.6 Å². The van der Waals surface area contributed by atoms with Gasteiger partial charge in [0.05, 0.1) is 23.5 Å². The van der Waals surface area contributed by atoms with Gasteiger partial charge in [-0.1, -0.05) is 43.2 Å². The summed E-state index contributed by atoms with van der Waals surface area (Å²) in [5, 5.41) is 6.21. The zero-order valence-corrected chi connectivity index (χ0v) is 17.6. The first-order chi connectivity index (χ1) is 14.0. The first-order valence-corrected chi connectivity index (χ1v) is 10.8. The summed E-state index contributed by atoms with van der Waals surface area (Å²) in [6, 6.07) is 9.53. The van der Waals surface area contributed by atoms with E-state index in [-0.39, 0.29) is 36.4 Å². The van der Waals surface area contributed by atoms with Gasteiger partial charge in [0, 0.05) is 6.04 Å². The minimum Gasteiger partial charge on any atom is -0.462 e.